The van der Waals surface area contributed by atoms with E-state index in [4.69, 9.17) is 4.99 Å². The highest BCUT2D eigenvalue weighted by Crippen LogP contribution is 2.32. The molecule has 1 fully saturated rings. The number of amides is 1. The Morgan fingerprint density at radius 1 is 1.13 bits per heavy atom. The Morgan fingerprint density at radius 3 is 2.70 bits per heavy atom. The van der Waals surface area contributed by atoms with Crippen LogP contribution < -0.4 is 4.90 Å². The maximum absolute atomic E-state index is 13.3. The largest absolute Gasteiger partial charge is 0.293 e. The first kappa shape index (κ1) is 21.1. The molecule has 1 amide bonds. The van der Waals surface area contributed by atoms with Gasteiger partial charge >= 0.3 is 0 Å². The number of carbonyl (C=O) groups excluding carboxylic acids is 1. The molecule has 5 heteroatoms. The number of thioether (sulfide) groups is 1. The van der Waals surface area contributed by atoms with E-state index in [1.165, 1.54) is 30.6 Å². The van der Waals surface area contributed by atoms with Crippen molar-refractivity contribution in [2.24, 2.45) is 10.9 Å². The minimum absolute atomic E-state index is 0.0100. The maximum Gasteiger partial charge on any atom is 0.278 e. The Balaban J connectivity index is 1.54. The Bertz CT molecular complexity index is 909. The molecule has 0 aliphatic carbocycles. The van der Waals surface area contributed by atoms with Crippen LogP contribution in [0.5, 0.6) is 0 Å². The summed E-state index contributed by atoms with van der Waals surface area (Å²) in [6, 6.07) is 16.3. The van der Waals surface area contributed by atoms with E-state index < -0.39 is 0 Å². The number of aliphatic imine (C=N–C) groups is 1. The molecule has 0 spiro atoms. The molecular weight excluding hydrogens is 390 g/mol. The van der Waals surface area contributed by atoms with E-state index in [1.54, 1.807) is 0 Å². The van der Waals surface area contributed by atoms with Crippen LogP contribution in [0, 0.1) is 5.92 Å². The molecule has 2 aliphatic heterocycles. The number of benzene rings is 2. The van der Waals surface area contributed by atoms with Gasteiger partial charge in [-0.25, -0.2) is 4.99 Å². The highest BCUT2D eigenvalue weighted by molar-refractivity contribution is 7.99. The van der Waals surface area contributed by atoms with Crippen molar-refractivity contribution in [3.05, 3.63) is 54.1 Å². The number of hydrogen-bond acceptors (Lipinski definition) is 4. The molecule has 0 N–H and O–H groups in total. The Hall–Kier alpha value is -2.11. The van der Waals surface area contributed by atoms with E-state index in [0.29, 0.717) is 18.3 Å². The van der Waals surface area contributed by atoms with Crippen LogP contribution in [0.2, 0.25) is 0 Å². The van der Waals surface area contributed by atoms with Crippen molar-refractivity contribution in [2.45, 2.75) is 44.4 Å². The second kappa shape index (κ2) is 9.80. The summed E-state index contributed by atoms with van der Waals surface area (Å²) in [6.07, 6.45) is 4.92. The Labute approximate surface area is 184 Å². The number of likely N-dealkylation sites (tertiary alicyclic amines) is 1. The number of carbonyl (C=O) groups is 1. The molecule has 30 heavy (non-hydrogen) atoms. The molecule has 0 saturated carbocycles. The van der Waals surface area contributed by atoms with Gasteiger partial charge in [-0.15, -0.1) is 11.8 Å². The first-order valence-electron chi connectivity index (χ1n) is 11.1. The van der Waals surface area contributed by atoms with Crippen molar-refractivity contribution in [3.8, 4) is 0 Å². The normalized spacial score (nSPS) is 20.7. The fourth-order valence-electron chi connectivity index (χ4n) is 4.21. The molecule has 2 aromatic carbocycles. The van der Waals surface area contributed by atoms with Gasteiger partial charge in [-0.1, -0.05) is 38.5 Å². The highest BCUT2D eigenvalue weighted by atomic mass is 32.2. The fraction of sp³-hybridized carbons (Fsp3) is 0.440. The number of unbranched alkanes of at least 4 members (excludes halogenated alkanes) is 1. The van der Waals surface area contributed by atoms with Gasteiger partial charge in [-0.2, -0.15) is 0 Å². The van der Waals surface area contributed by atoms with Gasteiger partial charge in [0.1, 0.15) is 5.71 Å². The fourth-order valence-corrected chi connectivity index (χ4v) is 5.20. The number of nitrogens with zero attached hydrogens (tertiary/aromatic N) is 3. The molecule has 4 rings (SSSR count). The standard InChI is InChI=1S/C25H31N3OS/c1-3-4-16-30-21-13-11-20(12-14-21)26-24-22-9-5-6-10-23(22)28(25(24)29)18-27-15-7-8-19(2)17-27/h5-6,9-14,19H,3-4,7-8,15-18H2,1-2H3/t19-/m0/s1. The minimum atomic E-state index is 0.0100. The SMILES string of the molecule is CCCCSc1ccc(N=C2C(=O)N(CN3CCC[C@H](C)C3)c3ccccc32)cc1. The maximum atomic E-state index is 13.3. The summed E-state index contributed by atoms with van der Waals surface area (Å²) in [5.74, 6) is 1.84. The molecule has 158 valence electrons. The van der Waals surface area contributed by atoms with Gasteiger partial charge in [0.05, 0.1) is 18.0 Å². The lowest BCUT2D eigenvalue weighted by Gasteiger charge is -2.33. The molecular formula is C25H31N3OS. The molecule has 1 saturated heterocycles. The summed E-state index contributed by atoms with van der Waals surface area (Å²) < 4.78 is 0. The molecule has 0 bridgehead atoms. The van der Waals surface area contributed by atoms with E-state index in [0.717, 1.165) is 35.8 Å². The zero-order valence-electron chi connectivity index (χ0n) is 18.0. The summed E-state index contributed by atoms with van der Waals surface area (Å²) in [7, 11) is 0. The molecule has 2 aromatic rings. The Kier molecular flexibility index (Phi) is 6.90. The third-order valence-corrected chi connectivity index (χ3v) is 6.92. The third-order valence-electron chi connectivity index (χ3n) is 5.82. The third kappa shape index (κ3) is 4.79. The molecule has 4 nitrogen and oxygen atoms in total. The molecule has 0 radical (unpaired) electrons. The summed E-state index contributed by atoms with van der Waals surface area (Å²) in [6.45, 7) is 7.26. The highest BCUT2D eigenvalue weighted by Gasteiger charge is 2.35. The van der Waals surface area contributed by atoms with Crippen LogP contribution in [0.1, 0.15) is 45.1 Å². The van der Waals surface area contributed by atoms with Crippen LogP contribution in [0.15, 0.2) is 58.4 Å². The van der Waals surface area contributed by atoms with Crippen molar-refractivity contribution >= 4 is 34.8 Å². The predicted molar refractivity (Wildman–Crippen MR) is 127 cm³/mol. The first-order chi connectivity index (χ1) is 14.7. The number of rotatable bonds is 7. The lowest BCUT2D eigenvalue weighted by Crippen LogP contribution is -2.45. The van der Waals surface area contributed by atoms with Crippen LogP contribution in [0.3, 0.4) is 0 Å². The summed E-state index contributed by atoms with van der Waals surface area (Å²) in [5.41, 5.74) is 3.31. The van der Waals surface area contributed by atoms with Crippen LogP contribution in [0.4, 0.5) is 11.4 Å². The number of fused-ring (bicyclic) bond motifs is 1. The van der Waals surface area contributed by atoms with Gasteiger partial charge in [0.15, 0.2) is 0 Å². The lowest BCUT2D eigenvalue weighted by molar-refractivity contribution is -0.112. The monoisotopic (exact) mass is 421 g/mol. The molecule has 0 aromatic heterocycles. The van der Waals surface area contributed by atoms with Crippen molar-refractivity contribution in [1.29, 1.82) is 0 Å². The van der Waals surface area contributed by atoms with E-state index in [2.05, 4.69) is 30.9 Å². The molecule has 0 unspecified atom stereocenters. The van der Waals surface area contributed by atoms with Crippen LogP contribution in [-0.2, 0) is 4.79 Å². The van der Waals surface area contributed by atoms with Gasteiger partial charge in [0.25, 0.3) is 5.91 Å². The average Bonchev–Trinajstić information content (AvgIpc) is 3.01. The van der Waals surface area contributed by atoms with E-state index in [1.807, 2.05) is 53.1 Å². The smallest absolute Gasteiger partial charge is 0.278 e. The summed E-state index contributed by atoms with van der Waals surface area (Å²) in [5, 5.41) is 0. The van der Waals surface area contributed by atoms with Crippen LogP contribution >= 0.6 is 11.8 Å². The van der Waals surface area contributed by atoms with E-state index >= 15 is 0 Å². The van der Waals surface area contributed by atoms with E-state index in [-0.39, 0.29) is 5.91 Å². The average molecular weight is 422 g/mol. The van der Waals surface area contributed by atoms with Gasteiger partial charge in [0, 0.05) is 17.0 Å². The Morgan fingerprint density at radius 2 is 1.93 bits per heavy atom. The number of para-hydroxylation sites is 1. The summed E-state index contributed by atoms with van der Waals surface area (Å²) in [4.78, 5) is 23.7. The van der Waals surface area contributed by atoms with Crippen LogP contribution in [-0.4, -0.2) is 42.0 Å². The van der Waals surface area contributed by atoms with Crippen molar-refractivity contribution in [1.82, 2.24) is 4.90 Å². The van der Waals surface area contributed by atoms with Crippen LogP contribution in [0.25, 0.3) is 0 Å². The second-order valence-electron chi connectivity index (χ2n) is 8.37. The number of piperidine rings is 1. The van der Waals surface area contributed by atoms with Crippen molar-refractivity contribution in [2.75, 3.05) is 30.4 Å². The topological polar surface area (TPSA) is 35.9 Å². The summed E-state index contributed by atoms with van der Waals surface area (Å²) >= 11 is 1.88. The first-order valence-corrected chi connectivity index (χ1v) is 12.1. The van der Waals surface area contributed by atoms with Gasteiger partial charge < -0.3 is 0 Å². The van der Waals surface area contributed by atoms with Crippen molar-refractivity contribution < 1.29 is 4.79 Å². The van der Waals surface area contributed by atoms with Gasteiger partial charge in [-0.3, -0.25) is 14.6 Å². The molecule has 1 atom stereocenters. The van der Waals surface area contributed by atoms with Gasteiger partial charge in [0.2, 0.25) is 0 Å². The van der Waals surface area contributed by atoms with E-state index in [9.17, 15) is 4.79 Å². The zero-order valence-corrected chi connectivity index (χ0v) is 18.8. The predicted octanol–water partition coefficient (Wildman–Crippen LogP) is 5.74. The molecule has 2 heterocycles. The zero-order chi connectivity index (χ0) is 20.9. The van der Waals surface area contributed by atoms with Crippen molar-refractivity contribution in [3.63, 3.8) is 0 Å². The second-order valence-corrected chi connectivity index (χ2v) is 9.54. The lowest BCUT2D eigenvalue weighted by atomic mass is 10.0. The minimum Gasteiger partial charge on any atom is -0.293 e. The molecule has 2 aliphatic rings. The number of hydrogen-bond donors (Lipinski definition) is 0. The quantitative estimate of drug-likeness (QED) is 0.423. The van der Waals surface area contributed by atoms with Gasteiger partial charge in [-0.05, 0) is 67.8 Å². The number of anilines is 1.